The topological polar surface area (TPSA) is 44.6 Å². The van der Waals surface area contributed by atoms with Crippen molar-refractivity contribution in [2.24, 2.45) is 7.05 Å². The zero-order valence-electron chi connectivity index (χ0n) is 16.5. The van der Waals surface area contributed by atoms with Crippen LogP contribution in [0.25, 0.3) is 0 Å². The third-order valence-corrected chi connectivity index (χ3v) is 5.87. The number of benzene rings is 1. The summed E-state index contributed by atoms with van der Waals surface area (Å²) in [4.78, 5) is 24.8. The molecule has 6 heteroatoms. The molecule has 1 atom stereocenters. The number of rotatable bonds is 3. The van der Waals surface area contributed by atoms with E-state index in [0.29, 0.717) is 6.04 Å². The van der Waals surface area contributed by atoms with Crippen molar-refractivity contribution in [3.05, 3.63) is 48.0 Å². The number of fused-ring (bicyclic) bond motifs is 1. The van der Waals surface area contributed by atoms with Crippen LogP contribution in [0.2, 0.25) is 0 Å². The first kappa shape index (κ1) is 18.0. The molecule has 27 heavy (non-hydrogen) atoms. The first-order valence-corrected chi connectivity index (χ1v) is 9.91. The quantitative estimate of drug-likeness (QED) is 0.833. The summed E-state index contributed by atoms with van der Waals surface area (Å²) in [5, 5.41) is 0. The van der Waals surface area contributed by atoms with E-state index >= 15 is 0 Å². The molecule has 0 saturated carbocycles. The van der Waals surface area contributed by atoms with Crippen LogP contribution in [0.3, 0.4) is 0 Å². The third kappa shape index (κ3) is 3.34. The van der Waals surface area contributed by atoms with Gasteiger partial charge in [-0.25, -0.2) is 4.98 Å². The van der Waals surface area contributed by atoms with Gasteiger partial charge in [-0.15, -0.1) is 0 Å². The highest BCUT2D eigenvalue weighted by molar-refractivity contribution is 5.84. The lowest BCUT2D eigenvalue weighted by atomic mass is 9.99. The molecule has 1 amide bonds. The predicted molar refractivity (Wildman–Crippen MR) is 107 cm³/mol. The average Bonchev–Trinajstić information content (AvgIpc) is 3.08. The number of anilines is 1. The van der Waals surface area contributed by atoms with E-state index < -0.39 is 0 Å². The molecule has 1 saturated heterocycles. The van der Waals surface area contributed by atoms with Crippen LogP contribution in [0.1, 0.15) is 31.3 Å². The van der Waals surface area contributed by atoms with Crippen molar-refractivity contribution in [1.29, 1.82) is 0 Å². The van der Waals surface area contributed by atoms with Crippen LogP contribution in [0.5, 0.6) is 0 Å². The van der Waals surface area contributed by atoms with E-state index in [4.69, 9.17) is 0 Å². The van der Waals surface area contributed by atoms with Crippen LogP contribution in [0, 0.1) is 0 Å². The first-order chi connectivity index (χ1) is 13.1. The first-order valence-electron chi connectivity index (χ1n) is 9.91. The van der Waals surface area contributed by atoms with Gasteiger partial charge in [0.1, 0.15) is 6.04 Å². The number of aromatic nitrogens is 2. The summed E-state index contributed by atoms with van der Waals surface area (Å²) >= 11 is 0. The summed E-state index contributed by atoms with van der Waals surface area (Å²) in [6, 6.07) is 10.6. The van der Waals surface area contributed by atoms with Crippen molar-refractivity contribution in [1.82, 2.24) is 19.4 Å². The van der Waals surface area contributed by atoms with Crippen molar-refractivity contribution in [2.75, 3.05) is 37.6 Å². The molecule has 6 nitrogen and oxygen atoms in total. The number of carbonyl (C=O) groups is 1. The highest BCUT2D eigenvalue weighted by Crippen LogP contribution is 2.32. The smallest absolute Gasteiger partial charge is 0.246 e. The van der Waals surface area contributed by atoms with Crippen molar-refractivity contribution in [3.8, 4) is 0 Å². The van der Waals surface area contributed by atoms with Crippen LogP contribution in [-0.2, 0) is 18.3 Å². The van der Waals surface area contributed by atoms with E-state index in [1.807, 2.05) is 28.9 Å². The Kier molecular flexibility index (Phi) is 4.91. The molecule has 3 heterocycles. The van der Waals surface area contributed by atoms with Crippen LogP contribution >= 0.6 is 0 Å². The van der Waals surface area contributed by atoms with E-state index in [1.165, 1.54) is 5.69 Å². The Morgan fingerprint density at radius 1 is 1.07 bits per heavy atom. The molecule has 0 spiro atoms. The van der Waals surface area contributed by atoms with E-state index in [0.717, 1.165) is 50.5 Å². The van der Waals surface area contributed by atoms with E-state index in [1.54, 1.807) is 0 Å². The number of hydrogen-bond donors (Lipinski definition) is 0. The van der Waals surface area contributed by atoms with Crippen LogP contribution in [0.15, 0.2) is 36.7 Å². The fourth-order valence-electron chi connectivity index (χ4n) is 4.36. The lowest BCUT2D eigenvalue weighted by molar-refractivity contribution is -0.139. The molecule has 1 fully saturated rings. The van der Waals surface area contributed by atoms with Crippen LogP contribution in [-0.4, -0.2) is 64.0 Å². The fourth-order valence-corrected chi connectivity index (χ4v) is 4.36. The lowest BCUT2D eigenvalue weighted by Gasteiger charge is -2.42. The minimum absolute atomic E-state index is 0.218. The molecular weight excluding hydrogens is 338 g/mol. The Balaban J connectivity index is 1.52. The number of aryl methyl sites for hydroxylation is 1. The Labute approximate surface area is 161 Å². The van der Waals surface area contributed by atoms with Crippen LogP contribution < -0.4 is 4.90 Å². The Morgan fingerprint density at radius 2 is 1.78 bits per heavy atom. The summed E-state index contributed by atoms with van der Waals surface area (Å²) in [6.45, 7) is 8.53. The molecule has 1 aromatic carbocycles. The molecule has 0 bridgehead atoms. The Bertz CT molecular complexity index is 792. The van der Waals surface area contributed by atoms with Gasteiger partial charge >= 0.3 is 0 Å². The second-order valence-electron chi connectivity index (χ2n) is 7.82. The molecule has 0 radical (unpaired) electrons. The summed E-state index contributed by atoms with van der Waals surface area (Å²) < 4.78 is 2.03. The molecule has 1 aromatic heterocycles. The maximum Gasteiger partial charge on any atom is 0.246 e. The number of para-hydroxylation sites is 1. The van der Waals surface area contributed by atoms with Gasteiger partial charge in [0.2, 0.25) is 5.91 Å². The second-order valence-corrected chi connectivity index (χ2v) is 7.82. The minimum Gasteiger partial charge on any atom is -0.368 e. The molecule has 4 rings (SSSR count). The van der Waals surface area contributed by atoms with Gasteiger partial charge in [0.25, 0.3) is 0 Å². The molecule has 0 unspecified atom stereocenters. The number of carbonyl (C=O) groups excluding carboxylic acids is 1. The summed E-state index contributed by atoms with van der Waals surface area (Å²) in [7, 11) is 2.00. The van der Waals surface area contributed by atoms with E-state index in [2.05, 4.69) is 52.9 Å². The van der Waals surface area contributed by atoms with Gasteiger partial charge < -0.3 is 14.4 Å². The zero-order chi connectivity index (χ0) is 19.0. The van der Waals surface area contributed by atoms with Crippen molar-refractivity contribution < 1.29 is 4.79 Å². The molecule has 144 valence electrons. The van der Waals surface area contributed by atoms with E-state index in [9.17, 15) is 4.79 Å². The summed E-state index contributed by atoms with van der Waals surface area (Å²) in [5.74, 6) is 0.223. The maximum atomic E-state index is 13.5. The average molecular weight is 367 g/mol. The number of nitrogens with zero attached hydrogens (tertiary/aromatic N) is 5. The van der Waals surface area contributed by atoms with Gasteiger partial charge in [0.05, 0.1) is 17.7 Å². The lowest BCUT2D eigenvalue weighted by Crippen LogP contribution is -2.54. The highest BCUT2D eigenvalue weighted by atomic mass is 16.2. The number of piperazine rings is 1. The standard InChI is InChI=1S/C21H29N5O/c1-16(2)26-10-9-18-19(23(3)15-22-18)20(26)21(27)25-13-11-24(12-14-25)17-7-5-4-6-8-17/h4-8,15-16,20H,9-14H2,1-3H3/t20-/m1/s1. The summed E-state index contributed by atoms with van der Waals surface area (Å²) in [5.41, 5.74) is 3.39. The fraction of sp³-hybridized carbons (Fsp3) is 0.524. The third-order valence-electron chi connectivity index (χ3n) is 5.87. The normalized spacial score (nSPS) is 20.8. The molecular formula is C21H29N5O. The SMILES string of the molecule is CC(C)N1CCc2ncn(C)c2[C@@H]1C(=O)N1CCN(c2ccccc2)CC1. The predicted octanol–water partition coefficient (Wildman–Crippen LogP) is 2.08. The minimum atomic E-state index is -0.218. The van der Waals surface area contributed by atoms with Gasteiger partial charge in [-0.2, -0.15) is 0 Å². The van der Waals surface area contributed by atoms with Crippen LogP contribution in [0.4, 0.5) is 5.69 Å². The van der Waals surface area contributed by atoms with E-state index in [-0.39, 0.29) is 11.9 Å². The molecule has 0 aliphatic carbocycles. The van der Waals surface area contributed by atoms with Gasteiger partial charge in [0.15, 0.2) is 0 Å². The number of imidazole rings is 1. The highest BCUT2D eigenvalue weighted by Gasteiger charge is 2.40. The number of amides is 1. The van der Waals surface area contributed by atoms with Crippen molar-refractivity contribution in [2.45, 2.75) is 32.4 Å². The molecule has 2 aliphatic rings. The Hall–Kier alpha value is -2.34. The summed E-state index contributed by atoms with van der Waals surface area (Å²) in [6.07, 6.45) is 2.77. The molecule has 2 aliphatic heterocycles. The monoisotopic (exact) mass is 367 g/mol. The van der Waals surface area contributed by atoms with Gasteiger partial charge in [0, 0.05) is 57.9 Å². The van der Waals surface area contributed by atoms with Crippen molar-refractivity contribution in [3.63, 3.8) is 0 Å². The Morgan fingerprint density at radius 3 is 2.44 bits per heavy atom. The van der Waals surface area contributed by atoms with Crippen molar-refractivity contribution >= 4 is 11.6 Å². The molecule has 0 N–H and O–H groups in total. The largest absolute Gasteiger partial charge is 0.368 e. The maximum absolute atomic E-state index is 13.5. The molecule has 2 aromatic rings. The number of hydrogen-bond acceptors (Lipinski definition) is 4. The zero-order valence-corrected chi connectivity index (χ0v) is 16.5. The second kappa shape index (κ2) is 7.35. The van der Waals surface area contributed by atoms with Gasteiger partial charge in [-0.05, 0) is 26.0 Å². The van der Waals surface area contributed by atoms with Gasteiger partial charge in [-0.3, -0.25) is 9.69 Å². The van der Waals surface area contributed by atoms with Gasteiger partial charge in [-0.1, -0.05) is 18.2 Å².